The van der Waals surface area contributed by atoms with E-state index < -0.39 is 12.1 Å². The molecule has 0 bridgehead atoms. The van der Waals surface area contributed by atoms with Crippen molar-refractivity contribution in [1.82, 2.24) is 4.90 Å². The lowest BCUT2D eigenvalue weighted by Gasteiger charge is -2.31. The predicted molar refractivity (Wildman–Crippen MR) is 80.1 cm³/mol. The van der Waals surface area contributed by atoms with Crippen LogP contribution in [0.4, 0.5) is 0 Å². The maximum atomic E-state index is 12.4. The van der Waals surface area contributed by atoms with Gasteiger partial charge in [-0.15, -0.1) is 0 Å². The highest BCUT2D eigenvalue weighted by molar-refractivity contribution is 14.1. The van der Waals surface area contributed by atoms with Crippen molar-refractivity contribution in [2.45, 2.75) is 6.10 Å². The van der Waals surface area contributed by atoms with Gasteiger partial charge >= 0.3 is 5.97 Å². The molecule has 1 fully saturated rings. The molecule has 19 heavy (non-hydrogen) atoms. The summed E-state index contributed by atoms with van der Waals surface area (Å²) in [6.45, 7) is 0.719. The van der Waals surface area contributed by atoms with E-state index in [4.69, 9.17) is 9.84 Å². The number of carboxylic acids is 1. The summed E-state index contributed by atoms with van der Waals surface area (Å²) >= 11 is 5.47. The number of aliphatic carboxylic acids is 1. The number of nitrogens with zero attached hydrogens (tertiary/aromatic N) is 1. The minimum absolute atomic E-state index is 0.0755. The van der Waals surface area contributed by atoms with Crippen molar-refractivity contribution in [2.24, 2.45) is 0 Å². The zero-order valence-corrected chi connectivity index (χ0v) is 13.5. The van der Waals surface area contributed by atoms with Gasteiger partial charge in [0.25, 0.3) is 5.91 Å². The smallest absolute Gasteiger partial charge is 0.334 e. The monoisotopic (exact) mass is 439 g/mol. The van der Waals surface area contributed by atoms with Gasteiger partial charge in [0.2, 0.25) is 0 Å². The predicted octanol–water partition coefficient (Wildman–Crippen LogP) is 1.98. The molecule has 1 saturated heterocycles. The Bertz CT molecular complexity index is 522. The number of carbonyl (C=O) groups is 2. The lowest BCUT2D eigenvalue weighted by Crippen LogP contribution is -2.48. The van der Waals surface area contributed by atoms with E-state index in [-0.39, 0.29) is 19.1 Å². The van der Waals surface area contributed by atoms with Crippen LogP contribution in [-0.2, 0) is 9.53 Å². The largest absolute Gasteiger partial charge is 0.479 e. The van der Waals surface area contributed by atoms with Crippen molar-refractivity contribution in [2.75, 3.05) is 19.7 Å². The van der Waals surface area contributed by atoms with Gasteiger partial charge in [0.1, 0.15) is 0 Å². The fourth-order valence-electron chi connectivity index (χ4n) is 1.81. The van der Waals surface area contributed by atoms with Crippen LogP contribution in [0, 0.1) is 3.57 Å². The number of ether oxygens (including phenoxy) is 1. The fraction of sp³-hybridized carbons (Fsp3) is 0.333. The summed E-state index contributed by atoms with van der Waals surface area (Å²) in [6, 6.07) is 5.48. The van der Waals surface area contributed by atoms with Gasteiger partial charge in [-0.25, -0.2) is 4.79 Å². The van der Waals surface area contributed by atoms with Crippen molar-refractivity contribution >= 4 is 50.4 Å². The molecule has 5 nitrogen and oxygen atoms in total. The van der Waals surface area contributed by atoms with Gasteiger partial charge in [-0.3, -0.25) is 4.79 Å². The van der Waals surface area contributed by atoms with E-state index in [0.717, 1.165) is 3.57 Å². The third-order valence-electron chi connectivity index (χ3n) is 2.79. The Morgan fingerprint density at radius 1 is 1.47 bits per heavy atom. The highest BCUT2D eigenvalue weighted by atomic mass is 127. The first-order chi connectivity index (χ1) is 8.99. The van der Waals surface area contributed by atoms with Crippen LogP contribution in [0.25, 0.3) is 0 Å². The number of amides is 1. The first-order valence-electron chi connectivity index (χ1n) is 5.58. The quantitative estimate of drug-likeness (QED) is 0.715. The van der Waals surface area contributed by atoms with E-state index in [1.54, 1.807) is 6.07 Å². The van der Waals surface area contributed by atoms with Gasteiger partial charge in [-0.2, -0.15) is 0 Å². The summed E-state index contributed by atoms with van der Waals surface area (Å²) < 4.78 is 6.76. The molecule has 1 unspecified atom stereocenters. The lowest BCUT2D eigenvalue weighted by molar-refractivity contribution is -0.154. The number of halogens is 2. The minimum atomic E-state index is -1.04. The molecule has 2 rings (SSSR count). The molecule has 1 heterocycles. The molecule has 0 aliphatic carbocycles. The number of benzene rings is 1. The highest BCUT2D eigenvalue weighted by Crippen LogP contribution is 2.22. The number of rotatable bonds is 2. The number of morpholine rings is 1. The lowest BCUT2D eigenvalue weighted by atomic mass is 10.1. The van der Waals surface area contributed by atoms with Crippen LogP contribution in [0.1, 0.15) is 10.4 Å². The first kappa shape index (κ1) is 14.7. The minimum Gasteiger partial charge on any atom is -0.479 e. The number of carbonyl (C=O) groups excluding carboxylic acids is 1. The molecule has 1 aromatic rings. The Hall–Kier alpha value is -0.670. The Morgan fingerprint density at radius 3 is 2.89 bits per heavy atom. The molecule has 1 atom stereocenters. The summed E-state index contributed by atoms with van der Waals surface area (Å²) in [5, 5.41) is 8.93. The normalized spacial score (nSPS) is 19.3. The third kappa shape index (κ3) is 3.46. The van der Waals surface area contributed by atoms with Crippen LogP contribution in [-0.4, -0.2) is 47.7 Å². The van der Waals surface area contributed by atoms with Crippen LogP contribution in [0.15, 0.2) is 22.7 Å². The second-order valence-corrected chi connectivity index (χ2v) is 6.17. The van der Waals surface area contributed by atoms with Crippen molar-refractivity contribution in [3.63, 3.8) is 0 Å². The van der Waals surface area contributed by atoms with E-state index in [9.17, 15) is 9.59 Å². The Kier molecular flexibility index (Phi) is 4.80. The van der Waals surface area contributed by atoms with E-state index in [1.807, 2.05) is 12.1 Å². The van der Waals surface area contributed by atoms with Gasteiger partial charge in [-0.05, 0) is 56.7 Å². The van der Waals surface area contributed by atoms with Gasteiger partial charge in [0, 0.05) is 14.6 Å². The van der Waals surface area contributed by atoms with Crippen molar-refractivity contribution in [3.8, 4) is 0 Å². The van der Waals surface area contributed by atoms with Gasteiger partial charge in [0.15, 0.2) is 6.10 Å². The van der Waals surface area contributed by atoms with E-state index in [2.05, 4.69) is 38.5 Å². The highest BCUT2D eigenvalue weighted by Gasteiger charge is 2.30. The van der Waals surface area contributed by atoms with E-state index in [0.29, 0.717) is 16.6 Å². The summed E-state index contributed by atoms with van der Waals surface area (Å²) in [6.07, 6.45) is -0.945. The molecule has 0 spiro atoms. The zero-order chi connectivity index (χ0) is 14.0. The summed E-state index contributed by atoms with van der Waals surface area (Å²) in [7, 11) is 0. The fourth-order valence-corrected chi connectivity index (χ4v) is 2.72. The Balaban J connectivity index is 2.19. The molecule has 0 saturated carbocycles. The van der Waals surface area contributed by atoms with Gasteiger partial charge in [0.05, 0.1) is 18.7 Å². The summed E-state index contributed by atoms with van der Waals surface area (Å²) in [5.74, 6) is -1.22. The first-order valence-corrected chi connectivity index (χ1v) is 7.45. The molecular weight excluding hydrogens is 429 g/mol. The van der Waals surface area contributed by atoms with E-state index >= 15 is 0 Å². The topological polar surface area (TPSA) is 66.8 Å². The van der Waals surface area contributed by atoms with Crippen LogP contribution in [0.2, 0.25) is 0 Å². The third-order valence-corrected chi connectivity index (χ3v) is 4.15. The molecule has 0 aromatic heterocycles. The summed E-state index contributed by atoms with van der Waals surface area (Å²) in [5.41, 5.74) is 0.540. The Morgan fingerprint density at radius 2 is 2.21 bits per heavy atom. The van der Waals surface area contributed by atoms with Crippen molar-refractivity contribution < 1.29 is 19.4 Å². The summed E-state index contributed by atoms with van der Waals surface area (Å²) in [4.78, 5) is 24.8. The second kappa shape index (κ2) is 6.19. The second-order valence-electron chi connectivity index (χ2n) is 4.07. The van der Waals surface area contributed by atoms with Crippen molar-refractivity contribution in [3.05, 3.63) is 31.8 Å². The molecule has 1 N–H and O–H groups in total. The molecule has 1 amide bonds. The molecule has 102 valence electrons. The maximum Gasteiger partial charge on any atom is 0.334 e. The average Bonchev–Trinajstić information content (AvgIpc) is 2.41. The molecule has 1 aromatic carbocycles. The number of hydrogen-bond donors (Lipinski definition) is 1. The molecule has 1 aliphatic rings. The Labute approximate surface area is 132 Å². The van der Waals surface area contributed by atoms with Gasteiger partial charge < -0.3 is 14.7 Å². The molecule has 7 heteroatoms. The maximum absolute atomic E-state index is 12.4. The average molecular weight is 440 g/mol. The van der Waals surface area contributed by atoms with E-state index in [1.165, 1.54) is 4.90 Å². The molecular formula is C12H11BrINO4. The van der Waals surface area contributed by atoms with Crippen LogP contribution < -0.4 is 0 Å². The van der Waals surface area contributed by atoms with Crippen molar-refractivity contribution in [1.29, 1.82) is 0 Å². The molecule has 0 radical (unpaired) electrons. The molecule has 1 aliphatic heterocycles. The number of hydrogen-bond acceptors (Lipinski definition) is 3. The number of carboxylic acid groups (broad SMARTS) is 1. The van der Waals surface area contributed by atoms with Gasteiger partial charge in [-0.1, -0.05) is 0 Å². The SMILES string of the molecule is O=C(O)C1CN(C(=O)c2cc(I)ccc2Br)CCO1. The van der Waals surface area contributed by atoms with Crippen LogP contribution in [0.5, 0.6) is 0 Å². The zero-order valence-electron chi connectivity index (χ0n) is 9.81. The van der Waals surface area contributed by atoms with Crippen LogP contribution in [0.3, 0.4) is 0 Å². The standard InChI is InChI=1S/C12H11BrINO4/c13-9-2-1-7(14)5-8(9)11(16)15-3-4-19-10(6-15)12(17)18/h1-2,5,10H,3-4,6H2,(H,17,18). The van der Waals surface area contributed by atoms with Crippen LogP contribution >= 0.6 is 38.5 Å².